The molecule has 3 N–H and O–H groups in total. The predicted molar refractivity (Wildman–Crippen MR) is 136 cm³/mol. The van der Waals surface area contributed by atoms with Gasteiger partial charge in [0.25, 0.3) is 11.8 Å². The monoisotopic (exact) mass is 526 g/mol. The third kappa shape index (κ3) is 5.31. The number of piperidine rings is 1. The summed E-state index contributed by atoms with van der Waals surface area (Å²) in [7, 11) is -3.58. The zero-order valence-electron chi connectivity index (χ0n) is 19.4. The van der Waals surface area contributed by atoms with Crippen molar-refractivity contribution in [2.45, 2.75) is 44.6 Å². The van der Waals surface area contributed by atoms with Crippen LogP contribution in [0, 0.1) is 5.92 Å². The van der Waals surface area contributed by atoms with Gasteiger partial charge in [-0.3, -0.25) is 14.5 Å². The van der Waals surface area contributed by atoms with Crippen LogP contribution in [0.4, 0.5) is 5.00 Å². The number of likely N-dealkylation sites (N-methyl/N-ethyl adjacent to an activating group) is 1. The molecular formula is C23H31ClN4O4S2. The summed E-state index contributed by atoms with van der Waals surface area (Å²) >= 11 is 1.38. The number of fused-ring (bicyclic) bond motifs is 1. The molecule has 1 aromatic heterocycles. The fourth-order valence-corrected chi connectivity index (χ4v) is 7.16. The van der Waals surface area contributed by atoms with Crippen LogP contribution < -0.4 is 11.1 Å². The van der Waals surface area contributed by atoms with E-state index in [1.54, 1.807) is 0 Å². The number of benzene rings is 1. The van der Waals surface area contributed by atoms with Crippen molar-refractivity contribution in [3.05, 3.63) is 45.8 Å². The molecule has 2 amide bonds. The van der Waals surface area contributed by atoms with Crippen molar-refractivity contribution in [2.24, 2.45) is 11.7 Å². The lowest BCUT2D eigenvalue weighted by atomic mass is 10.0. The van der Waals surface area contributed by atoms with Gasteiger partial charge in [-0.25, -0.2) is 8.42 Å². The Hall–Kier alpha value is -1.98. The Kier molecular flexibility index (Phi) is 8.41. The van der Waals surface area contributed by atoms with Gasteiger partial charge in [-0.15, -0.1) is 23.7 Å². The molecule has 0 atom stereocenters. The second kappa shape index (κ2) is 10.7. The van der Waals surface area contributed by atoms with Crippen molar-refractivity contribution < 1.29 is 18.0 Å². The molecule has 3 heterocycles. The molecule has 11 heteroatoms. The number of nitrogens with two attached hydrogens (primary N) is 1. The first kappa shape index (κ1) is 26.6. The zero-order chi connectivity index (χ0) is 23.8. The number of carbonyl (C=O) groups excluding carboxylic acids is 2. The molecule has 1 aromatic carbocycles. The molecule has 0 spiro atoms. The van der Waals surface area contributed by atoms with Crippen LogP contribution in [0.15, 0.2) is 29.2 Å². The van der Waals surface area contributed by atoms with Crippen LogP contribution in [0.5, 0.6) is 0 Å². The van der Waals surface area contributed by atoms with Gasteiger partial charge in [-0.2, -0.15) is 4.31 Å². The van der Waals surface area contributed by atoms with Gasteiger partial charge in [-0.1, -0.05) is 13.8 Å². The Morgan fingerprint density at radius 3 is 2.38 bits per heavy atom. The molecule has 0 unspecified atom stereocenters. The van der Waals surface area contributed by atoms with Crippen LogP contribution in [0.3, 0.4) is 0 Å². The summed E-state index contributed by atoms with van der Waals surface area (Å²) < 4.78 is 27.4. The first-order valence-corrected chi connectivity index (χ1v) is 13.5. The fourth-order valence-electron chi connectivity index (χ4n) is 4.40. The van der Waals surface area contributed by atoms with Crippen molar-refractivity contribution in [3.63, 3.8) is 0 Å². The SMILES string of the molecule is CCN1CCc2c(sc(NC(=O)c3ccc(S(=O)(=O)N4CCC(C)CC4)cc3)c2C(N)=O)C1.Cl. The standard InChI is InChI=1S/C23H30N4O4S2.ClH/c1-3-26-11-10-18-19(14-26)32-23(20(18)21(24)28)25-22(29)16-4-6-17(7-5-16)33(30,31)27-12-8-15(2)9-13-27;/h4-7,15H,3,8-14H2,1-2H3,(H2,24,28)(H,25,29);1H. The van der Waals surface area contributed by atoms with E-state index in [1.165, 1.54) is 39.9 Å². The molecule has 2 aromatic rings. The topological polar surface area (TPSA) is 113 Å². The van der Waals surface area contributed by atoms with Crippen LogP contribution >= 0.6 is 23.7 Å². The second-order valence-corrected chi connectivity index (χ2v) is 11.8. The molecule has 1 fully saturated rings. The van der Waals surface area contributed by atoms with Crippen molar-refractivity contribution >= 4 is 50.6 Å². The van der Waals surface area contributed by atoms with Gasteiger partial charge in [0.1, 0.15) is 5.00 Å². The van der Waals surface area contributed by atoms with E-state index in [9.17, 15) is 18.0 Å². The number of amides is 2. The minimum Gasteiger partial charge on any atom is -0.365 e. The largest absolute Gasteiger partial charge is 0.365 e. The van der Waals surface area contributed by atoms with Gasteiger partial charge in [0.2, 0.25) is 10.0 Å². The molecule has 0 saturated carbocycles. The smallest absolute Gasteiger partial charge is 0.256 e. The lowest BCUT2D eigenvalue weighted by molar-refractivity contribution is 0.1000. The maximum atomic E-state index is 12.9. The average Bonchev–Trinajstić information content (AvgIpc) is 3.16. The van der Waals surface area contributed by atoms with Gasteiger partial charge in [0.05, 0.1) is 10.5 Å². The van der Waals surface area contributed by atoms with E-state index in [1.807, 2.05) is 0 Å². The van der Waals surface area contributed by atoms with E-state index < -0.39 is 21.8 Å². The van der Waals surface area contributed by atoms with Crippen LogP contribution in [-0.4, -0.2) is 55.6 Å². The Morgan fingerprint density at radius 1 is 1.15 bits per heavy atom. The van der Waals surface area contributed by atoms with Crippen LogP contribution in [0.2, 0.25) is 0 Å². The van der Waals surface area contributed by atoms with Crippen LogP contribution in [-0.2, 0) is 23.0 Å². The average molecular weight is 527 g/mol. The molecular weight excluding hydrogens is 496 g/mol. The number of sulfonamides is 1. The van der Waals surface area contributed by atoms with Crippen molar-refractivity contribution in [1.29, 1.82) is 0 Å². The molecule has 186 valence electrons. The summed E-state index contributed by atoms with van der Waals surface area (Å²) in [6.07, 6.45) is 2.42. The maximum absolute atomic E-state index is 12.9. The number of nitrogens with one attached hydrogen (secondary N) is 1. The van der Waals surface area contributed by atoms with E-state index in [2.05, 4.69) is 24.1 Å². The van der Waals surface area contributed by atoms with Gasteiger partial charge in [0, 0.05) is 36.6 Å². The normalized spacial score (nSPS) is 17.6. The molecule has 4 rings (SSSR count). The van der Waals surface area contributed by atoms with Gasteiger partial charge in [0.15, 0.2) is 0 Å². The van der Waals surface area contributed by atoms with E-state index in [-0.39, 0.29) is 17.3 Å². The number of carbonyl (C=O) groups is 2. The highest BCUT2D eigenvalue weighted by atomic mass is 35.5. The number of anilines is 1. The van der Waals surface area contributed by atoms with E-state index >= 15 is 0 Å². The second-order valence-electron chi connectivity index (χ2n) is 8.76. The summed E-state index contributed by atoms with van der Waals surface area (Å²) in [4.78, 5) is 28.5. The Morgan fingerprint density at radius 2 is 1.79 bits per heavy atom. The number of rotatable bonds is 6. The number of thiophene rings is 1. The Bertz CT molecular complexity index is 1160. The minimum atomic E-state index is -3.58. The van der Waals surface area contributed by atoms with Crippen molar-refractivity contribution in [2.75, 3.05) is 31.5 Å². The Labute approximate surface area is 211 Å². The maximum Gasteiger partial charge on any atom is 0.256 e. The quantitative estimate of drug-likeness (QED) is 0.599. The van der Waals surface area contributed by atoms with Crippen molar-refractivity contribution in [3.8, 4) is 0 Å². The summed E-state index contributed by atoms with van der Waals surface area (Å²) in [5.41, 5.74) is 7.27. The van der Waals surface area contributed by atoms with E-state index in [4.69, 9.17) is 5.73 Å². The summed E-state index contributed by atoms with van der Waals surface area (Å²) in [6.45, 7) is 7.74. The molecule has 34 heavy (non-hydrogen) atoms. The zero-order valence-corrected chi connectivity index (χ0v) is 21.8. The molecule has 8 nitrogen and oxygen atoms in total. The minimum absolute atomic E-state index is 0. The molecule has 0 radical (unpaired) electrons. The van der Waals surface area contributed by atoms with Crippen LogP contribution in [0.25, 0.3) is 0 Å². The Balaban J connectivity index is 0.00000324. The van der Waals surface area contributed by atoms with E-state index in [0.717, 1.165) is 49.3 Å². The van der Waals surface area contributed by atoms with E-state index in [0.29, 0.717) is 35.1 Å². The number of primary amides is 1. The molecule has 2 aliphatic heterocycles. The van der Waals surface area contributed by atoms with Gasteiger partial charge < -0.3 is 11.1 Å². The lowest BCUT2D eigenvalue weighted by Crippen LogP contribution is -2.37. The number of halogens is 1. The van der Waals surface area contributed by atoms with Gasteiger partial charge >= 0.3 is 0 Å². The van der Waals surface area contributed by atoms with Crippen LogP contribution in [0.1, 0.15) is 57.8 Å². The van der Waals surface area contributed by atoms with Crippen molar-refractivity contribution in [1.82, 2.24) is 9.21 Å². The number of hydrogen-bond donors (Lipinski definition) is 2. The number of nitrogens with zero attached hydrogens (tertiary/aromatic N) is 2. The predicted octanol–water partition coefficient (Wildman–Crippen LogP) is 3.32. The molecule has 0 bridgehead atoms. The molecule has 0 aliphatic carbocycles. The number of hydrogen-bond acceptors (Lipinski definition) is 6. The summed E-state index contributed by atoms with van der Waals surface area (Å²) in [6, 6.07) is 5.95. The summed E-state index contributed by atoms with van der Waals surface area (Å²) in [5, 5.41) is 3.28. The third-order valence-electron chi connectivity index (χ3n) is 6.55. The summed E-state index contributed by atoms with van der Waals surface area (Å²) in [5.74, 6) is -0.426. The molecule has 1 saturated heterocycles. The first-order valence-electron chi connectivity index (χ1n) is 11.3. The molecule has 2 aliphatic rings. The highest BCUT2D eigenvalue weighted by Gasteiger charge is 2.29. The highest BCUT2D eigenvalue weighted by Crippen LogP contribution is 2.37. The van der Waals surface area contributed by atoms with Gasteiger partial charge in [-0.05, 0) is 61.6 Å². The first-order chi connectivity index (χ1) is 15.7. The fraction of sp³-hybridized carbons (Fsp3) is 0.478. The highest BCUT2D eigenvalue weighted by molar-refractivity contribution is 7.89. The third-order valence-corrected chi connectivity index (χ3v) is 9.60. The lowest BCUT2D eigenvalue weighted by Gasteiger charge is -2.29.